The normalized spacial score (nSPS) is 24.0. The van der Waals surface area contributed by atoms with Gasteiger partial charge in [-0.25, -0.2) is 0 Å². The first-order chi connectivity index (χ1) is 10.5. The average molecular weight is 308 g/mol. The second-order valence-corrected chi connectivity index (χ2v) is 6.35. The number of nitro groups is 1. The zero-order chi connectivity index (χ0) is 16.1. The van der Waals surface area contributed by atoms with E-state index in [9.17, 15) is 15.2 Å². The Bertz CT molecular complexity index is 499. The topological polar surface area (TPSA) is 75.8 Å². The van der Waals surface area contributed by atoms with Crippen molar-refractivity contribution in [3.63, 3.8) is 0 Å². The number of benzene rings is 1. The van der Waals surface area contributed by atoms with Crippen molar-refractivity contribution in [3.8, 4) is 5.75 Å². The molecule has 1 aromatic rings. The van der Waals surface area contributed by atoms with E-state index in [2.05, 4.69) is 18.7 Å². The van der Waals surface area contributed by atoms with E-state index < -0.39 is 11.0 Å². The van der Waals surface area contributed by atoms with Gasteiger partial charge in [-0.1, -0.05) is 26.0 Å². The molecule has 1 aromatic carbocycles. The summed E-state index contributed by atoms with van der Waals surface area (Å²) in [6, 6.07) is 6.23. The summed E-state index contributed by atoms with van der Waals surface area (Å²) in [7, 11) is 0. The Morgan fingerprint density at radius 3 is 2.64 bits per heavy atom. The monoisotopic (exact) mass is 308 g/mol. The van der Waals surface area contributed by atoms with Crippen molar-refractivity contribution in [2.45, 2.75) is 26.4 Å². The molecule has 0 amide bonds. The van der Waals surface area contributed by atoms with E-state index in [4.69, 9.17) is 4.74 Å². The van der Waals surface area contributed by atoms with Gasteiger partial charge in [0.15, 0.2) is 5.75 Å². The van der Waals surface area contributed by atoms with Gasteiger partial charge in [0.25, 0.3) is 0 Å². The standard InChI is InChI=1S/C16H24N2O4/c1-12-7-13(2)9-17(8-12)10-14(19)11-22-16-6-4-3-5-15(16)18(20)21/h3-6,12-14,19H,7-11H2,1-2H3/t12-,13-,14-/m1/s1. The van der Waals surface area contributed by atoms with Gasteiger partial charge < -0.3 is 14.7 Å². The fraction of sp³-hybridized carbons (Fsp3) is 0.625. The van der Waals surface area contributed by atoms with Crippen LogP contribution >= 0.6 is 0 Å². The van der Waals surface area contributed by atoms with E-state index in [-0.39, 0.29) is 18.0 Å². The number of hydrogen-bond acceptors (Lipinski definition) is 5. The van der Waals surface area contributed by atoms with Gasteiger partial charge in [-0.2, -0.15) is 0 Å². The molecule has 22 heavy (non-hydrogen) atoms. The third kappa shape index (κ3) is 4.68. The molecule has 0 aliphatic carbocycles. The molecule has 3 atom stereocenters. The summed E-state index contributed by atoms with van der Waals surface area (Å²) in [4.78, 5) is 12.7. The maximum absolute atomic E-state index is 10.9. The molecule has 1 saturated heterocycles. The van der Waals surface area contributed by atoms with Crippen LogP contribution in [0.2, 0.25) is 0 Å². The van der Waals surface area contributed by atoms with Crippen LogP contribution in [0.5, 0.6) is 5.75 Å². The highest BCUT2D eigenvalue weighted by molar-refractivity contribution is 5.45. The third-order valence-electron chi connectivity index (χ3n) is 3.91. The Morgan fingerprint density at radius 1 is 1.36 bits per heavy atom. The van der Waals surface area contributed by atoms with Crippen molar-refractivity contribution in [1.82, 2.24) is 4.90 Å². The number of piperidine rings is 1. The van der Waals surface area contributed by atoms with Gasteiger partial charge in [0, 0.05) is 25.7 Å². The van der Waals surface area contributed by atoms with Crippen molar-refractivity contribution in [1.29, 1.82) is 0 Å². The molecule has 1 fully saturated rings. The fourth-order valence-corrected chi connectivity index (χ4v) is 3.21. The maximum atomic E-state index is 10.9. The largest absolute Gasteiger partial charge is 0.484 e. The van der Waals surface area contributed by atoms with Crippen LogP contribution < -0.4 is 4.74 Å². The SMILES string of the molecule is C[C@@H]1C[C@@H](C)CN(C[C@@H](O)COc2ccccc2[N+](=O)[O-])C1. The third-order valence-corrected chi connectivity index (χ3v) is 3.91. The number of ether oxygens (including phenoxy) is 1. The first kappa shape index (κ1) is 16.7. The number of aliphatic hydroxyl groups is 1. The smallest absolute Gasteiger partial charge is 0.310 e. The Balaban J connectivity index is 1.85. The van der Waals surface area contributed by atoms with E-state index in [0.717, 1.165) is 13.1 Å². The summed E-state index contributed by atoms with van der Waals surface area (Å²) in [5.74, 6) is 1.46. The van der Waals surface area contributed by atoms with Crippen molar-refractivity contribution in [2.75, 3.05) is 26.2 Å². The van der Waals surface area contributed by atoms with Crippen molar-refractivity contribution >= 4 is 5.69 Å². The molecular weight excluding hydrogens is 284 g/mol. The van der Waals surface area contributed by atoms with E-state index in [1.54, 1.807) is 18.2 Å². The predicted octanol–water partition coefficient (Wildman–Crippen LogP) is 2.31. The average Bonchev–Trinajstić information content (AvgIpc) is 2.44. The number of likely N-dealkylation sites (tertiary alicyclic amines) is 1. The summed E-state index contributed by atoms with van der Waals surface area (Å²) in [6.45, 7) is 7.00. The lowest BCUT2D eigenvalue weighted by Gasteiger charge is -2.35. The first-order valence-corrected chi connectivity index (χ1v) is 7.72. The van der Waals surface area contributed by atoms with E-state index in [0.29, 0.717) is 18.4 Å². The number of aliphatic hydroxyl groups excluding tert-OH is 1. The number of nitrogens with zero attached hydrogens (tertiary/aromatic N) is 2. The minimum Gasteiger partial charge on any atom is -0.484 e. The predicted molar refractivity (Wildman–Crippen MR) is 84.0 cm³/mol. The highest BCUT2D eigenvalue weighted by atomic mass is 16.6. The number of rotatable bonds is 6. The van der Waals surface area contributed by atoms with Gasteiger partial charge in [-0.05, 0) is 24.3 Å². The Kier molecular flexibility index (Phi) is 5.74. The Labute approximate surface area is 130 Å². The number of nitro benzene ring substituents is 1. The van der Waals surface area contributed by atoms with Crippen LogP contribution in [0.15, 0.2) is 24.3 Å². The Hall–Kier alpha value is -1.66. The van der Waals surface area contributed by atoms with Crippen LogP contribution in [-0.4, -0.2) is 47.3 Å². The molecule has 1 aliphatic rings. The summed E-state index contributed by atoms with van der Waals surface area (Å²) in [6.07, 6.45) is 0.566. The highest BCUT2D eigenvalue weighted by Crippen LogP contribution is 2.26. The molecule has 6 heteroatoms. The summed E-state index contributed by atoms with van der Waals surface area (Å²) < 4.78 is 5.44. The molecule has 0 radical (unpaired) electrons. The quantitative estimate of drug-likeness (QED) is 0.644. The van der Waals surface area contributed by atoms with Crippen LogP contribution in [0.25, 0.3) is 0 Å². The lowest BCUT2D eigenvalue weighted by molar-refractivity contribution is -0.385. The van der Waals surface area contributed by atoms with Crippen LogP contribution in [0.1, 0.15) is 20.3 Å². The van der Waals surface area contributed by atoms with Gasteiger partial charge in [-0.3, -0.25) is 10.1 Å². The molecule has 6 nitrogen and oxygen atoms in total. The minimum atomic E-state index is -0.655. The van der Waals surface area contributed by atoms with Gasteiger partial charge in [-0.15, -0.1) is 0 Å². The van der Waals surface area contributed by atoms with Gasteiger partial charge in [0.05, 0.1) is 4.92 Å². The molecule has 122 valence electrons. The van der Waals surface area contributed by atoms with Gasteiger partial charge in [0.1, 0.15) is 12.7 Å². The van der Waals surface area contributed by atoms with Crippen LogP contribution in [0, 0.1) is 22.0 Å². The zero-order valence-electron chi connectivity index (χ0n) is 13.1. The lowest BCUT2D eigenvalue weighted by Crippen LogP contribution is -2.44. The summed E-state index contributed by atoms with van der Waals surface area (Å²) >= 11 is 0. The van der Waals surface area contributed by atoms with Crippen molar-refractivity contribution in [3.05, 3.63) is 34.4 Å². The number of para-hydroxylation sites is 2. The molecule has 1 aliphatic heterocycles. The molecule has 0 saturated carbocycles. The molecule has 0 bridgehead atoms. The first-order valence-electron chi connectivity index (χ1n) is 7.72. The molecule has 2 rings (SSSR count). The molecule has 0 spiro atoms. The maximum Gasteiger partial charge on any atom is 0.310 e. The lowest BCUT2D eigenvalue weighted by atomic mass is 9.92. The zero-order valence-corrected chi connectivity index (χ0v) is 13.1. The highest BCUT2D eigenvalue weighted by Gasteiger charge is 2.24. The Morgan fingerprint density at radius 2 is 2.00 bits per heavy atom. The van der Waals surface area contributed by atoms with Crippen LogP contribution in [-0.2, 0) is 0 Å². The molecule has 0 aromatic heterocycles. The minimum absolute atomic E-state index is 0.0596. The van der Waals surface area contributed by atoms with Crippen LogP contribution in [0.4, 0.5) is 5.69 Å². The van der Waals surface area contributed by atoms with E-state index in [1.165, 1.54) is 12.5 Å². The van der Waals surface area contributed by atoms with Crippen molar-refractivity contribution in [2.24, 2.45) is 11.8 Å². The second kappa shape index (κ2) is 7.56. The molecular formula is C16H24N2O4. The van der Waals surface area contributed by atoms with Gasteiger partial charge >= 0.3 is 5.69 Å². The molecule has 0 unspecified atom stereocenters. The summed E-state index contributed by atoms with van der Waals surface area (Å²) in [5.41, 5.74) is -0.0742. The van der Waals surface area contributed by atoms with Gasteiger partial charge in [0.2, 0.25) is 0 Å². The number of hydrogen-bond donors (Lipinski definition) is 1. The fourth-order valence-electron chi connectivity index (χ4n) is 3.21. The molecule has 1 heterocycles. The van der Waals surface area contributed by atoms with Crippen molar-refractivity contribution < 1.29 is 14.8 Å². The summed E-state index contributed by atoms with van der Waals surface area (Å²) in [5, 5.41) is 21.0. The van der Waals surface area contributed by atoms with Crippen LogP contribution in [0.3, 0.4) is 0 Å². The molecule has 1 N–H and O–H groups in total. The second-order valence-electron chi connectivity index (χ2n) is 6.35. The van der Waals surface area contributed by atoms with E-state index >= 15 is 0 Å². The van der Waals surface area contributed by atoms with E-state index in [1.807, 2.05) is 0 Å². The number of β-amino-alcohol motifs (C(OH)–C–C–N with tert-alkyl or cyclic N) is 1.